The van der Waals surface area contributed by atoms with Gasteiger partial charge in [-0.1, -0.05) is 0 Å². The van der Waals surface area contributed by atoms with Crippen LogP contribution in [0.3, 0.4) is 0 Å². The van der Waals surface area contributed by atoms with E-state index in [0.717, 1.165) is 6.19 Å². The van der Waals surface area contributed by atoms with Crippen molar-refractivity contribution >= 4 is 19.6 Å². The van der Waals surface area contributed by atoms with Crippen molar-refractivity contribution < 1.29 is 14.3 Å². The second-order valence-corrected chi connectivity index (χ2v) is 3.71. The zero-order valence-corrected chi connectivity index (χ0v) is 8.42. The van der Waals surface area contributed by atoms with E-state index in [1.807, 2.05) is 20.8 Å². The van der Waals surface area contributed by atoms with Crippen LogP contribution in [-0.4, -0.2) is 31.7 Å². The molecule has 0 aromatic carbocycles. The first kappa shape index (κ1) is 12.2. The van der Waals surface area contributed by atoms with Crippen molar-refractivity contribution in [3.8, 4) is 0 Å². The summed E-state index contributed by atoms with van der Waals surface area (Å²) in [6, 6.07) is 0. The molecular weight excluding hydrogens is 169 g/mol. The van der Waals surface area contributed by atoms with Gasteiger partial charge in [0.25, 0.3) is 7.41 Å². The Hall–Kier alpha value is -0.835. The molecule has 0 saturated carbocycles. The lowest BCUT2D eigenvalue weighted by Crippen LogP contribution is -2.28. The molecule has 0 spiro atoms. The highest BCUT2D eigenvalue weighted by Crippen LogP contribution is 2.07. The lowest BCUT2D eigenvalue weighted by atomic mass is 9.99. The molecule has 4 nitrogen and oxygen atoms in total. The highest BCUT2D eigenvalue weighted by molar-refractivity contribution is 6.64. The van der Waals surface area contributed by atoms with Gasteiger partial charge >= 0.3 is 5.97 Å². The summed E-state index contributed by atoms with van der Waals surface area (Å²) in [7, 11) is 0.281. The molecule has 0 aliphatic rings. The first-order chi connectivity index (χ1) is 5.95. The SMILES string of the molecule is CC(C)(C)OC(=O)CCNBC=O. The average molecular weight is 185 g/mol. The Morgan fingerprint density at radius 1 is 1.54 bits per heavy atom. The van der Waals surface area contributed by atoms with Crippen LogP contribution in [0, 0.1) is 0 Å². The van der Waals surface area contributed by atoms with E-state index in [-0.39, 0.29) is 13.4 Å². The molecule has 5 heteroatoms. The van der Waals surface area contributed by atoms with Crippen LogP contribution in [0.15, 0.2) is 0 Å². The maximum atomic E-state index is 11.1. The minimum atomic E-state index is -0.429. The molecule has 0 heterocycles. The van der Waals surface area contributed by atoms with Crippen molar-refractivity contribution in [3.05, 3.63) is 0 Å². The number of esters is 1. The summed E-state index contributed by atoms with van der Waals surface area (Å²) in [6.45, 7) is 5.95. The van der Waals surface area contributed by atoms with Crippen molar-refractivity contribution in [2.24, 2.45) is 0 Å². The van der Waals surface area contributed by atoms with Gasteiger partial charge in [-0.2, -0.15) is 0 Å². The highest BCUT2D eigenvalue weighted by Gasteiger charge is 2.15. The van der Waals surface area contributed by atoms with Crippen molar-refractivity contribution in [2.75, 3.05) is 6.54 Å². The maximum Gasteiger partial charge on any atom is 0.307 e. The van der Waals surface area contributed by atoms with Gasteiger partial charge in [-0.15, -0.1) is 0 Å². The Morgan fingerprint density at radius 2 is 2.15 bits per heavy atom. The van der Waals surface area contributed by atoms with E-state index >= 15 is 0 Å². The molecule has 0 rings (SSSR count). The van der Waals surface area contributed by atoms with Gasteiger partial charge in [0.05, 0.1) is 12.6 Å². The van der Waals surface area contributed by atoms with Crippen LogP contribution >= 0.6 is 0 Å². The zero-order chi connectivity index (χ0) is 10.3. The molecule has 74 valence electrons. The van der Waals surface area contributed by atoms with E-state index in [9.17, 15) is 9.59 Å². The number of carbonyl (C=O) groups is 2. The van der Waals surface area contributed by atoms with Gasteiger partial charge in [0.2, 0.25) is 0 Å². The third-order valence-electron chi connectivity index (χ3n) is 1.15. The Balaban J connectivity index is 3.47. The van der Waals surface area contributed by atoms with E-state index < -0.39 is 5.60 Å². The first-order valence-electron chi connectivity index (χ1n) is 4.32. The van der Waals surface area contributed by atoms with Crippen LogP contribution in [0.5, 0.6) is 0 Å². The molecule has 0 aliphatic carbocycles. The van der Waals surface area contributed by atoms with Crippen molar-refractivity contribution in [1.82, 2.24) is 5.23 Å². The van der Waals surface area contributed by atoms with Gasteiger partial charge in [-0.25, -0.2) is 0 Å². The van der Waals surface area contributed by atoms with Crippen LogP contribution in [0.25, 0.3) is 0 Å². The van der Waals surface area contributed by atoms with Crippen LogP contribution in [-0.2, 0) is 14.3 Å². The van der Waals surface area contributed by atoms with Crippen molar-refractivity contribution in [2.45, 2.75) is 32.8 Å². The summed E-state index contributed by atoms with van der Waals surface area (Å²) < 4.78 is 5.05. The van der Waals surface area contributed by atoms with Crippen LogP contribution < -0.4 is 5.23 Å². The number of ether oxygens (including phenoxy) is 1. The Morgan fingerprint density at radius 3 is 2.62 bits per heavy atom. The van der Waals surface area contributed by atoms with Gasteiger partial charge in [-0.05, 0) is 27.3 Å². The predicted octanol–water partition coefficient (Wildman–Crippen LogP) is -0.151. The molecular formula is C8H16BNO3. The largest absolute Gasteiger partial charge is 0.460 e. The van der Waals surface area contributed by atoms with Gasteiger partial charge in [0, 0.05) is 0 Å². The number of nitrogens with one attached hydrogen (secondary N) is 1. The van der Waals surface area contributed by atoms with E-state index in [1.165, 1.54) is 0 Å². The smallest absolute Gasteiger partial charge is 0.307 e. The average Bonchev–Trinajstić information content (AvgIpc) is 1.94. The van der Waals surface area contributed by atoms with E-state index in [1.54, 1.807) is 0 Å². The van der Waals surface area contributed by atoms with Crippen LogP contribution in [0.2, 0.25) is 0 Å². The monoisotopic (exact) mass is 185 g/mol. The highest BCUT2D eigenvalue weighted by atomic mass is 16.6. The Bertz CT molecular complexity index is 177. The molecule has 0 bridgehead atoms. The molecule has 0 fully saturated rings. The van der Waals surface area contributed by atoms with Gasteiger partial charge in [0.1, 0.15) is 5.60 Å². The Labute approximate surface area is 79.3 Å². The third kappa shape index (κ3) is 9.08. The normalized spacial score (nSPS) is 10.7. The molecule has 0 saturated heterocycles. The number of hydrogen-bond donors (Lipinski definition) is 1. The van der Waals surface area contributed by atoms with E-state index in [0.29, 0.717) is 13.0 Å². The van der Waals surface area contributed by atoms with Crippen molar-refractivity contribution in [1.29, 1.82) is 0 Å². The van der Waals surface area contributed by atoms with Crippen LogP contribution in [0.4, 0.5) is 0 Å². The number of rotatable bonds is 5. The minimum Gasteiger partial charge on any atom is -0.460 e. The quantitative estimate of drug-likeness (QED) is 0.280. The summed E-state index contributed by atoms with van der Waals surface area (Å²) in [5.41, 5.74) is -0.429. The molecule has 0 aromatic rings. The molecule has 0 amide bonds. The molecule has 0 aliphatic heterocycles. The second kappa shape index (κ2) is 5.75. The molecule has 0 unspecified atom stereocenters. The van der Waals surface area contributed by atoms with Gasteiger partial charge in [0.15, 0.2) is 0 Å². The predicted molar refractivity (Wildman–Crippen MR) is 52.4 cm³/mol. The fourth-order valence-corrected chi connectivity index (χ4v) is 0.744. The lowest BCUT2D eigenvalue weighted by Gasteiger charge is -2.19. The fraction of sp³-hybridized carbons (Fsp3) is 0.750. The van der Waals surface area contributed by atoms with Crippen LogP contribution in [0.1, 0.15) is 27.2 Å². The summed E-state index contributed by atoms with van der Waals surface area (Å²) >= 11 is 0. The minimum absolute atomic E-state index is 0.245. The van der Waals surface area contributed by atoms with E-state index in [4.69, 9.17) is 4.74 Å². The molecule has 13 heavy (non-hydrogen) atoms. The standard InChI is InChI=1S/C8H16BNO3/c1-8(2,3)13-7(12)4-5-10-9-6-11/h6,9-10H,4-5H2,1-3H3. The molecule has 1 N–H and O–H groups in total. The summed E-state index contributed by atoms with van der Waals surface area (Å²) in [5, 5.41) is 2.78. The topological polar surface area (TPSA) is 55.4 Å². The molecule has 0 aromatic heterocycles. The zero-order valence-electron chi connectivity index (χ0n) is 8.42. The van der Waals surface area contributed by atoms with Gasteiger partial charge < -0.3 is 14.8 Å². The fourth-order valence-electron chi connectivity index (χ4n) is 0.744. The second-order valence-electron chi connectivity index (χ2n) is 3.71. The Kier molecular flexibility index (Phi) is 5.38. The summed E-state index contributed by atoms with van der Waals surface area (Å²) in [4.78, 5) is 21.0. The summed E-state index contributed by atoms with van der Waals surface area (Å²) in [6.07, 6.45) is 1.06. The maximum absolute atomic E-state index is 11.1. The molecule has 0 atom stereocenters. The first-order valence-corrected chi connectivity index (χ1v) is 4.32. The van der Waals surface area contributed by atoms with Gasteiger partial charge in [-0.3, -0.25) is 4.79 Å². The number of hydrogen-bond acceptors (Lipinski definition) is 4. The van der Waals surface area contributed by atoms with Crippen molar-refractivity contribution in [3.63, 3.8) is 0 Å². The number of carbonyl (C=O) groups excluding carboxylic acids is 2. The van der Waals surface area contributed by atoms with E-state index in [2.05, 4.69) is 5.23 Å². The third-order valence-corrected chi connectivity index (χ3v) is 1.15. The molecule has 0 radical (unpaired) electrons. The lowest BCUT2D eigenvalue weighted by molar-refractivity contribution is -0.154. The summed E-state index contributed by atoms with van der Waals surface area (Å²) in [5.74, 6) is -0.245.